The maximum Gasteiger partial charge on any atom is 0.241 e. The van der Waals surface area contributed by atoms with Gasteiger partial charge in [0.1, 0.15) is 16.7 Å². The Bertz CT molecular complexity index is 1150. The Kier molecular flexibility index (Phi) is 8.50. The van der Waals surface area contributed by atoms with Crippen LogP contribution in [-0.2, 0) is 22.3 Å². The second-order valence-corrected chi connectivity index (χ2v) is 8.39. The fourth-order valence-corrected chi connectivity index (χ4v) is 3.79. The first kappa shape index (κ1) is 24.3. The fraction of sp³-hybridized carbons (Fsp3) is 0.217. The Balaban J connectivity index is 1.74. The van der Waals surface area contributed by atoms with Crippen LogP contribution in [0.3, 0.4) is 0 Å². The minimum Gasteiger partial charge on any atom is -0.419 e. The molecule has 2 aromatic carbocycles. The van der Waals surface area contributed by atoms with E-state index < -0.39 is 11.0 Å². The number of rotatable bonds is 9. The molecule has 10 heteroatoms. The molecule has 0 aliphatic heterocycles. The summed E-state index contributed by atoms with van der Waals surface area (Å²) in [5.41, 5.74) is 3.63. The molecule has 1 heterocycles. The van der Waals surface area contributed by atoms with Crippen LogP contribution in [0.25, 0.3) is 11.3 Å². The van der Waals surface area contributed by atoms with Crippen molar-refractivity contribution in [3.8, 4) is 11.3 Å². The van der Waals surface area contributed by atoms with Crippen LogP contribution >= 0.6 is 0 Å². The van der Waals surface area contributed by atoms with E-state index in [1.807, 2.05) is 19.2 Å². The fourth-order valence-electron chi connectivity index (χ4n) is 2.96. The van der Waals surface area contributed by atoms with E-state index in [9.17, 15) is 4.21 Å². The van der Waals surface area contributed by atoms with Gasteiger partial charge in [-0.1, -0.05) is 24.3 Å². The third-order valence-corrected chi connectivity index (χ3v) is 5.85. The van der Waals surface area contributed by atoms with E-state index in [0.717, 1.165) is 17.7 Å². The van der Waals surface area contributed by atoms with Crippen LogP contribution in [0.4, 0.5) is 0 Å². The molecule has 0 fully saturated rings. The van der Waals surface area contributed by atoms with Crippen molar-refractivity contribution >= 4 is 22.8 Å². The van der Waals surface area contributed by atoms with Gasteiger partial charge in [0.25, 0.3) is 0 Å². The second-order valence-electron chi connectivity index (χ2n) is 7.09. The van der Waals surface area contributed by atoms with Gasteiger partial charge in [-0.15, -0.1) is 0 Å². The van der Waals surface area contributed by atoms with E-state index in [-0.39, 0.29) is 30.6 Å². The maximum absolute atomic E-state index is 12.1. The van der Waals surface area contributed by atoms with E-state index >= 15 is 0 Å². The lowest BCUT2D eigenvalue weighted by Crippen LogP contribution is -2.20. The van der Waals surface area contributed by atoms with Crippen molar-refractivity contribution in [1.82, 2.24) is 20.0 Å². The minimum atomic E-state index is -1.42. The molecule has 0 aliphatic carbocycles. The zero-order valence-electron chi connectivity index (χ0n) is 18.4. The minimum absolute atomic E-state index is 0.0985. The molecular weight excluding hydrogens is 440 g/mol. The molecule has 172 valence electrons. The summed E-state index contributed by atoms with van der Waals surface area (Å²) in [5.74, 6) is -0.415. The highest BCUT2D eigenvalue weighted by atomic mass is 32.2. The molecule has 3 rings (SSSR count). The highest BCUT2D eigenvalue weighted by molar-refractivity contribution is 7.83. The van der Waals surface area contributed by atoms with Crippen LogP contribution in [0, 0.1) is 17.7 Å². The third kappa shape index (κ3) is 6.36. The van der Waals surface area contributed by atoms with E-state index in [1.54, 1.807) is 49.5 Å². The van der Waals surface area contributed by atoms with E-state index in [2.05, 4.69) is 20.0 Å². The number of aliphatic hydroxyl groups excluding tert-OH is 1. The van der Waals surface area contributed by atoms with Gasteiger partial charge in [0.15, 0.2) is 0 Å². The largest absolute Gasteiger partial charge is 0.419 e. The van der Waals surface area contributed by atoms with Crippen LogP contribution < -0.4 is 10.0 Å². The number of hydrogen-bond acceptors (Lipinski definition) is 8. The summed E-state index contributed by atoms with van der Waals surface area (Å²) in [6, 6.07) is 14.3. The van der Waals surface area contributed by atoms with Gasteiger partial charge >= 0.3 is 0 Å². The van der Waals surface area contributed by atoms with Gasteiger partial charge in [-0.2, -0.15) is 0 Å². The molecule has 0 saturated carbocycles. The summed E-state index contributed by atoms with van der Waals surface area (Å²) in [6.45, 7) is 2.58. The monoisotopic (exact) mass is 466 g/mol. The summed E-state index contributed by atoms with van der Waals surface area (Å²) in [6.07, 6.45) is 1.59. The van der Waals surface area contributed by atoms with Crippen molar-refractivity contribution in [2.24, 2.45) is 0 Å². The predicted molar refractivity (Wildman–Crippen MR) is 128 cm³/mol. The number of aliphatic hydroxyl groups is 1. The van der Waals surface area contributed by atoms with E-state index in [4.69, 9.17) is 20.7 Å². The smallest absolute Gasteiger partial charge is 0.241 e. The van der Waals surface area contributed by atoms with Gasteiger partial charge in [0, 0.05) is 24.2 Å². The van der Waals surface area contributed by atoms with Gasteiger partial charge in [-0.05, 0) is 43.8 Å². The number of nitrogens with zero attached hydrogens (tertiary/aromatic N) is 2. The average molecular weight is 467 g/mol. The number of nitrogens with one attached hydrogen (secondary N) is 4. The van der Waals surface area contributed by atoms with Crippen molar-refractivity contribution < 1.29 is 14.1 Å². The van der Waals surface area contributed by atoms with Crippen molar-refractivity contribution in [2.45, 2.75) is 18.4 Å². The number of ether oxygens (including phenoxy) is 1. The van der Waals surface area contributed by atoms with Crippen molar-refractivity contribution in [3.05, 3.63) is 77.2 Å². The standard InChI is InChI=1S/C23H26N6O3S/c1-15-21(23(25)32-22(24)18-5-3-16(4-6-18)13-26-2)29-20(14-27-15)17-7-9-19(10-8-17)33(31)28-11-12-30/h3-10,14,24-26,28,30H,11-13H2,1-2H3. The molecule has 0 saturated heterocycles. The molecule has 0 spiro atoms. The van der Waals surface area contributed by atoms with Crippen LogP contribution in [0.15, 0.2) is 59.6 Å². The number of hydrogen-bond donors (Lipinski definition) is 5. The third-order valence-electron chi connectivity index (χ3n) is 4.68. The second kappa shape index (κ2) is 11.5. The first-order valence-corrected chi connectivity index (χ1v) is 11.4. The number of aryl methyl sites for hydroxylation is 1. The summed E-state index contributed by atoms with van der Waals surface area (Å²) in [7, 11) is 0.446. The molecule has 33 heavy (non-hydrogen) atoms. The number of benzene rings is 2. The molecule has 1 aromatic heterocycles. The average Bonchev–Trinajstić information content (AvgIpc) is 2.83. The lowest BCUT2D eigenvalue weighted by atomic mass is 10.1. The lowest BCUT2D eigenvalue weighted by molar-refractivity contribution is 0.302. The van der Waals surface area contributed by atoms with Gasteiger partial charge in [0.05, 0.1) is 29.1 Å². The molecule has 3 aromatic rings. The molecular formula is C23H26N6O3S. The van der Waals surface area contributed by atoms with Crippen molar-refractivity contribution in [1.29, 1.82) is 10.8 Å². The molecule has 1 atom stereocenters. The first-order valence-electron chi connectivity index (χ1n) is 10.2. The molecule has 0 bridgehead atoms. The quantitative estimate of drug-likeness (QED) is 0.241. The van der Waals surface area contributed by atoms with Gasteiger partial charge in [-0.3, -0.25) is 15.8 Å². The van der Waals surface area contributed by atoms with Crippen LogP contribution in [0.2, 0.25) is 0 Å². The van der Waals surface area contributed by atoms with Crippen LogP contribution in [0.1, 0.15) is 22.5 Å². The highest BCUT2D eigenvalue weighted by Gasteiger charge is 2.15. The predicted octanol–water partition coefficient (Wildman–Crippen LogP) is 2.14. The Labute approximate surface area is 194 Å². The topological polar surface area (TPSA) is 144 Å². The van der Waals surface area contributed by atoms with Crippen LogP contribution in [0.5, 0.6) is 0 Å². The van der Waals surface area contributed by atoms with Gasteiger partial charge < -0.3 is 15.2 Å². The molecule has 1 unspecified atom stereocenters. The SMILES string of the molecule is CNCc1ccc(C(=N)OC(=N)c2nc(-c3ccc(S(=O)NCCO)cc3)cnc2C)cc1. The zero-order chi connectivity index (χ0) is 23.8. The molecule has 0 amide bonds. The van der Waals surface area contributed by atoms with E-state index in [0.29, 0.717) is 21.8 Å². The number of aromatic nitrogens is 2. The Morgan fingerprint density at radius 1 is 1.09 bits per heavy atom. The van der Waals surface area contributed by atoms with Gasteiger partial charge in [0.2, 0.25) is 11.8 Å². The van der Waals surface area contributed by atoms with Crippen LogP contribution in [-0.4, -0.2) is 51.3 Å². The first-order chi connectivity index (χ1) is 15.9. The lowest BCUT2D eigenvalue weighted by Gasteiger charge is -2.11. The Morgan fingerprint density at radius 3 is 2.42 bits per heavy atom. The van der Waals surface area contributed by atoms with Crippen molar-refractivity contribution in [3.63, 3.8) is 0 Å². The summed E-state index contributed by atoms with van der Waals surface area (Å²) < 4.78 is 20.3. The highest BCUT2D eigenvalue weighted by Crippen LogP contribution is 2.20. The summed E-state index contributed by atoms with van der Waals surface area (Å²) in [4.78, 5) is 9.40. The maximum atomic E-state index is 12.1. The Hall–Kier alpha value is -3.31. The van der Waals surface area contributed by atoms with Gasteiger partial charge in [-0.25, -0.2) is 13.9 Å². The molecule has 5 N–H and O–H groups in total. The normalized spacial score (nSPS) is 11.7. The zero-order valence-corrected chi connectivity index (χ0v) is 19.2. The Morgan fingerprint density at radius 2 is 1.79 bits per heavy atom. The summed E-state index contributed by atoms with van der Waals surface area (Å²) >= 11 is 0. The molecule has 9 nitrogen and oxygen atoms in total. The van der Waals surface area contributed by atoms with Crippen molar-refractivity contribution in [2.75, 3.05) is 20.2 Å². The molecule has 0 aliphatic rings. The van der Waals surface area contributed by atoms with E-state index in [1.165, 1.54) is 0 Å². The molecule has 0 radical (unpaired) electrons. The summed E-state index contributed by atoms with van der Waals surface area (Å²) in [5, 5.41) is 28.4.